The van der Waals surface area contributed by atoms with Crippen LogP contribution in [0.2, 0.25) is 0 Å². The molecule has 0 fully saturated rings. The normalized spacial score (nSPS) is 10.3. The molecule has 0 bridgehead atoms. The summed E-state index contributed by atoms with van der Waals surface area (Å²) in [5.41, 5.74) is 2.60. The van der Waals surface area contributed by atoms with Gasteiger partial charge in [-0.25, -0.2) is 0 Å². The first-order valence-electron chi connectivity index (χ1n) is 11.7. The predicted molar refractivity (Wildman–Crippen MR) is 144 cm³/mol. The summed E-state index contributed by atoms with van der Waals surface area (Å²) in [6.07, 6.45) is 3.11. The van der Waals surface area contributed by atoms with Gasteiger partial charge in [0.2, 0.25) is 0 Å². The maximum absolute atomic E-state index is 12.9. The largest absolute Gasteiger partial charge is 0.493 e. The van der Waals surface area contributed by atoms with Gasteiger partial charge in [-0.1, -0.05) is 68.3 Å². The third-order valence-corrected chi connectivity index (χ3v) is 5.54. The van der Waals surface area contributed by atoms with Crippen LogP contribution in [0.1, 0.15) is 52.5 Å². The molecule has 0 unspecified atom stereocenters. The third-order valence-electron chi connectivity index (χ3n) is 5.34. The van der Waals surface area contributed by atoms with Crippen LogP contribution in [-0.2, 0) is 6.54 Å². The van der Waals surface area contributed by atoms with Crippen molar-refractivity contribution in [1.29, 1.82) is 0 Å². The summed E-state index contributed by atoms with van der Waals surface area (Å²) in [6.45, 7) is 3.19. The topological polar surface area (TPSA) is 70.7 Å². The van der Waals surface area contributed by atoms with Gasteiger partial charge < -0.3 is 15.0 Å². The summed E-state index contributed by atoms with van der Waals surface area (Å²) in [7, 11) is 1.77. The SMILES string of the molecule is CCCCCOc1ccccc1C(=O)NC(=S)Nc1cccc(C(=O)N(C)Cc2ccccc2)c1. The molecule has 0 aromatic heterocycles. The van der Waals surface area contributed by atoms with Gasteiger partial charge in [0, 0.05) is 24.8 Å². The zero-order valence-corrected chi connectivity index (χ0v) is 20.9. The van der Waals surface area contributed by atoms with Crippen LogP contribution in [0.25, 0.3) is 0 Å². The van der Waals surface area contributed by atoms with Crippen LogP contribution >= 0.6 is 12.2 Å². The van der Waals surface area contributed by atoms with Crippen molar-refractivity contribution in [3.63, 3.8) is 0 Å². The summed E-state index contributed by atoms with van der Waals surface area (Å²) >= 11 is 5.35. The number of carbonyl (C=O) groups is 2. The molecule has 2 amide bonds. The molecular formula is C28H31N3O3S. The maximum atomic E-state index is 12.9. The van der Waals surface area contributed by atoms with E-state index >= 15 is 0 Å². The number of ether oxygens (including phenoxy) is 1. The van der Waals surface area contributed by atoms with Crippen molar-refractivity contribution in [2.75, 3.05) is 19.0 Å². The molecule has 6 nitrogen and oxygen atoms in total. The molecule has 0 spiro atoms. The maximum Gasteiger partial charge on any atom is 0.261 e. The molecule has 182 valence electrons. The van der Waals surface area contributed by atoms with Gasteiger partial charge in [0.05, 0.1) is 12.2 Å². The van der Waals surface area contributed by atoms with Crippen LogP contribution in [0.15, 0.2) is 78.9 Å². The zero-order valence-electron chi connectivity index (χ0n) is 20.1. The van der Waals surface area contributed by atoms with Gasteiger partial charge >= 0.3 is 0 Å². The van der Waals surface area contributed by atoms with E-state index in [-0.39, 0.29) is 16.9 Å². The van der Waals surface area contributed by atoms with E-state index in [0.717, 1.165) is 24.8 Å². The molecule has 35 heavy (non-hydrogen) atoms. The molecule has 0 aliphatic carbocycles. The lowest BCUT2D eigenvalue weighted by atomic mass is 10.1. The van der Waals surface area contributed by atoms with Gasteiger partial charge in [0.25, 0.3) is 11.8 Å². The number of hydrogen-bond donors (Lipinski definition) is 2. The monoisotopic (exact) mass is 489 g/mol. The van der Waals surface area contributed by atoms with Gasteiger partial charge in [-0.3, -0.25) is 14.9 Å². The van der Waals surface area contributed by atoms with Crippen molar-refractivity contribution in [2.24, 2.45) is 0 Å². The summed E-state index contributed by atoms with van der Waals surface area (Å²) in [6, 6.07) is 23.9. The van der Waals surface area contributed by atoms with Crippen molar-refractivity contribution in [3.8, 4) is 5.75 Å². The molecule has 0 heterocycles. The molecule has 3 rings (SSSR count). The van der Waals surface area contributed by atoms with Gasteiger partial charge in [0.15, 0.2) is 5.11 Å². The molecule has 0 atom stereocenters. The van der Waals surface area contributed by atoms with Crippen LogP contribution < -0.4 is 15.4 Å². The second-order valence-corrected chi connectivity index (χ2v) is 8.60. The number of hydrogen-bond acceptors (Lipinski definition) is 4. The summed E-state index contributed by atoms with van der Waals surface area (Å²) in [4.78, 5) is 27.4. The third kappa shape index (κ3) is 7.93. The predicted octanol–water partition coefficient (Wildman–Crippen LogP) is 5.65. The fraction of sp³-hybridized carbons (Fsp3) is 0.250. The van der Waals surface area contributed by atoms with E-state index in [9.17, 15) is 9.59 Å². The Balaban J connectivity index is 1.59. The quantitative estimate of drug-likeness (QED) is 0.284. The number of rotatable bonds is 10. The Kier molecular flexibility index (Phi) is 9.80. The van der Waals surface area contributed by atoms with Crippen molar-refractivity contribution < 1.29 is 14.3 Å². The molecule has 0 saturated heterocycles. The smallest absolute Gasteiger partial charge is 0.261 e. The Morgan fingerprint density at radius 3 is 2.46 bits per heavy atom. The average Bonchev–Trinajstić information content (AvgIpc) is 2.87. The van der Waals surface area contributed by atoms with E-state index < -0.39 is 0 Å². The molecular weight excluding hydrogens is 458 g/mol. The van der Waals surface area contributed by atoms with E-state index in [2.05, 4.69) is 17.6 Å². The first-order chi connectivity index (χ1) is 17.0. The number of nitrogens with one attached hydrogen (secondary N) is 2. The van der Waals surface area contributed by atoms with Gasteiger partial charge in [-0.15, -0.1) is 0 Å². The first-order valence-corrected chi connectivity index (χ1v) is 12.1. The van der Waals surface area contributed by atoms with E-state index in [1.54, 1.807) is 54.4 Å². The fourth-order valence-corrected chi connectivity index (χ4v) is 3.74. The second kappa shape index (κ2) is 13.2. The van der Waals surface area contributed by atoms with Crippen molar-refractivity contribution in [1.82, 2.24) is 10.2 Å². The minimum absolute atomic E-state index is 0.110. The Bertz CT molecular complexity index is 1150. The molecule has 0 aliphatic rings. The summed E-state index contributed by atoms with van der Waals surface area (Å²) in [5.74, 6) is 0.0583. The Morgan fingerprint density at radius 1 is 0.943 bits per heavy atom. The molecule has 2 N–H and O–H groups in total. The average molecular weight is 490 g/mol. The number of amides is 2. The molecule has 7 heteroatoms. The summed E-state index contributed by atoms with van der Waals surface area (Å²) in [5, 5.41) is 5.83. The Morgan fingerprint density at radius 2 is 1.69 bits per heavy atom. The highest BCUT2D eigenvalue weighted by atomic mass is 32.1. The van der Waals surface area contributed by atoms with Crippen molar-refractivity contribution in [2.45, 2.75) is 32.7 Å². The standard InChI is InChI=1S/C28H31N3O3S/c1-3-4-10-18-34-25-17-9-8-16-24(25)26(32)30-28(35)29-23-15-11-14-22(19-23)27(33)31(2)20-21-12-6-5-7-13-21/h5-9,11-17,19H,3-4,10,18,20H2,1-2H3,(H2,29,30,32,35). The van der Waals surface area contributed by atoms with Crippen LogP contribution in [0.5, 0.6) is 5.75 Å². The molecule has 3 aromatic rings. The van der Waals surface area contributed by atoms with Crippen molar-refractivity contribution >= 4 is 34.8 Å². The molecule has 0 saturated carbocycles. The number of benzene rings is 3. The van der Waals surface area contributed by atoms with Crippen LogP contribution in [0.4, 0.5) is 5.69 Å². The molecule has 0 radical (unpaired) electrons. The lowest BCUT2D eigenvalue weighted by Crippen LogP contribution is -2.34. The number of para-hydroxylation sites is 1. The first kappa shape index (κ1) is 25.9. The van der Waals surface area contributed by atoms with E-state index in [0.29, 0.717) is 35.7 Å². The molecule has 0 aliphatic heterocycles. The number of thiocarbonyl (C=S) groups is 1. The number of anilines is 1. The Hall–Kier alpha value is -3.71. The van der Waals surface area contributed by atoms with E-state index in [1.807, 2.05) is 36.4 Å². The number of unbranched alkanes of at least 4 members (excludes halogenated alkanes) is 2. The van der Waals surface area contributed by atoms with Crippen molar-refractivity contribution in [3.05, 3.63) is 95.6 Å². The number of nitrogens with zero attached hydrogens (tertiary/aromatic N) is 1. The zero-order chi connectivity index (χ0) is 25.0. The number of carbonyl (C=O) groups excluding carboxylic acids is 2. The lowest BCUT2D eigenvalue weighted by Gasteiger charge is -2.18. The van der Waals surface area contributed by atoms with E-state index in [4.69, 9.17) is 17.0 Å². The van der Waals surface area contributed by atoms with Crippen LogP contribution in [-0.4, -0.2) is 35.5 Å². The highest BCUT2D eigenvalue weighted by molar-refractivity contribution is 7.80. The summed E-state index contributed by atoms with van der Waals surface area (Å²) < 4.78 is 5.80. The minimum Gasteiger partial charge on any atom is -0.493 e. The highest BCUT2D eigenvalue weighted by Gasteiger charge is 2.15. The molecule has 3 aromatic carbocycles. The van der Waals surface area contributed by atoms with Crippen LogP contribution in [0, 0.1) is 0 Å². The minimum atomic E-state index is -0.358. The van der Waals surface area contributed by atoms with Gasteiger partial charge in [0.1, 0.15) is 5.75 Å². The highest BCUT2D eigenvalue weighted by Crippen LogP contribution is 2.19. The second-order valence-electron chi connectivity index (χ2n) is 8.19. The van der Waals surface area contributed by atoms with Gasteiger partial charge in [-0.05, 0) is 54.5 Å². The van der Waals surface area contributed by atoms with Gasteiger partial charge in [-0.2, -0.15) is 0 Å². The van der Waals surface area contributed by atoms with E-state index in [1.165, 1.54) is 0 Å². The fourth-order valence-electron chi connectivity index (χ4n) is 3.53. The Labute approximate surface area is 212 Å². The van der Waals surface area contributed by atoms with Crippen LogP contribution in [0.3, 0.4) is 0 Å². The lowest BCUT2D eigenvalue weighted by molar-refractivity contribution is 0.0785.